The van der Waals surface area contributed by atoms with Gasteiger partial charge in [-0.1, -0.05) is 0 Å². The smallest absolute Gasteiger partial charge is 0.122 e. The topological polar surface area (TPSA) is 72.5 Å². The molecule has 0 bridgehead atoms. The molecule has 22 heavy (non-hydrogen) atoms. The van der Waals surface area contributed by atoms with Crippen LogP contribution in [0.15, 0.2) is 0 Å². The van der Waals surface area contributed by atoms with Crippen molar-refractivity contribution in [1.29, 1.82) is 0 Å². The van der Waals surface area contributed by atoms with Gasteiger partial charge in [0.25, 0.3) is 0 Å². The summed E-state index contributed by atoms with van der Waals surface area (Å²) >= 11 is 0. The maximum Gasteiger partial charge on any atom is 0.122 e. The number of methoxy groups -OCH3 is 2. The Bertz CT molecular complexity index is 214. The standard InChI is InChI=1S/C15H30O7/c1-17-6-8-20-12-15(13-21-9-7-18-2)14-22-11-10-19-5-3-4-16/h4,15H,3,5-14H2,1-2H3. The summed E-state index contributed by atoms with van der Waals surface area (Å²) in [5, 5.41) is 0. The number of ether oxygens (including phenoxy) is 6. The van der Waals surface area contributed by atoms with Crippen molar-refractivity contribution < 1.29 is 33.2 Å². The Labute approximate surface area is 133 Å². The molecule has 0 aliphatic heterocycles. The van der Waals surface area contributed by atoms with Gasteiger partial charge in [-0.05, 0) is 0 Å². The number of carbonyl (C=O) groups is 1. The molecule has 132 valence electrons. The Morgan fingerprint density at radius 3 is 1.59 bits per heavy atom. The molecule has 0 saturated heterocycles. The van der Waals surface area contributed by atoms with Gasteiger partial charge < -0.3 is 33.2 Å². The maximum absolute atomic E-state index is 10.1. The molecule has 0 N–H and O–H groups in total. The molecule has 0 aromatic heterocycles. The zero-order chi connectivity index (χ0) is 16.3. The molecular weight excluding hydrogens is 292 g/mol. The molecule has 0 atom stereocenters. The predicted molar refractivity (Wildman–Crippen MR) is 81.2 cm³/mol. The maximum atomic E-state index is 10.1. The molecule has 0 aromatic rings. The fourth-order valence-electron chi connectivity index (χ4n) is 1.53. The average Bonchev–Trinajstić information content (AvgIpc) is 2.53. The number of aldehydes is 1. The van der Waals surface area contributed by atoms with Crippen LogP contribution in [0.4, 0.5) is 0 Å². The fraction of sp³-hybridized carbons (Fsp3) is 0.933. The van der Waals surface area contributed by atoms with Crippen LogP contribution >= 0.6 is 0 Å². The van der Waals surface area contributed by atoms with Crippen LogP contribution in [0.1, 0.15) is 6.42 Å². The van der Waals surface area contributed by atoms with Gasteiger partial charge in [0.05, 0.1) is 66.1 Å². The first-order valence-electron chi connectivity index (χ1n) is 7.57. The molecule has 0 spiro atoms. The van der Waals surface area contributed by atoms with E-state index in [0.29, 0.717) is 72.5 Å². The second-order valence-corrected chi connectivity index (χ2v) is 4.64. The highest BCUT2D eigenvalue weighted by Crippen LogP contribution is 2.01. The Hall–Kier alpha value is -0.570. The zero-order valence-electron chi connectivity index (χ0n) is 13.8. The highest BCUT2D eigenvalue weighted by Gasteiger charge is 2.10. The summed E-state index contributed by atoms with van der Waals surface area (Å²) in [6.07, 6.45) is 1.26. The predicted octanol–water partition coefficient (Wildman–Crippen LogP) is 0.551. The minimum Gasteiger partial charge on any atom is -0.382 e. The first-order chi connectivity index (χ1) is 10.8. The van der Waals surface area contributed by atoms with Gasteiger partial charge in [0.1, 0.15) is 6.29 Å². The van der Waals surface area contributed by atoms with Crippen LogP contribution in [0.2, 0.25) is 0 Å². The number of hydrogen-bond donors (Lipinski definition) is 0. The van der Waals surface area contributed by atoms with Gasteiger partial charge in [-0.15, -0.1) is 0 Å². The fourth-order valence-corrected chi connectivity index (χ4v) is 1.53. The van der Waals surface area contributed by atoms with E-state index in [-0.39, 0.29) is 5.92 Å². The lowest BCUT2D eigenvalue weighted by atomic mass is 10.2. The molecule has 0 unspecified atom stereocenters. The van der Waals surface area contributed by atoms with Crippen molar-refractivity contribution in [3.8, 4) is 0 Å². The van der Waals surface area contributed by atoms with Gasteiger partial charge in [0, 0.05) is 26.6 Å². The molecule has 7 nitrogen and oxygen atoms in total. The molecule has 0 rings (SSSR count). The second-order valence-electron chi connectivity index (χ2n) is 4.64. The minimum absolute atomic E-state index is 0.156. The Kier molecular flexibility index (Phi) is 18.0. The summed E-state index contributed by atoms with van der Waals surface area (Å²) in [6.45, 7) is 5.32. The van der Waals surface area contributed by atoms with Crippen molar-refractivity contribution in [2.45, 2.75) is 6.42 Å². The van der Waals surface area contributed by atoms with Crippen LogP contribution < -0.4 is 0 Å². The van der Waals surface area contributed by atoms with Crippen LogP contribution in [-0.4, -0.2) is 86.6 Å². The van der Waals surface area contributed by atoms with Gasteiger partial charge in [-0.3, -0.25) is 0 Å². The second kappa shape index (κ2) is 18.5. The summed E-state index contributed by atoms with van der Waals surface area (Å²) in [5.74, 6) is 0.156. The number of carbonyl (C=O) groups excluding carboxylic acids is 1. The third-order valence-electron chi connectivity index (χ3n) is 2.68. The van der Waals surface area contributed by atoms with Gasteiger partial charge in [-0.2, -0.15) is 0 Å². The Morgan fingerprint density at radius 2 is 1.14 bits per heavy atom. The Balaban J connectivity index is 3.68. The largest absolute Gasteiger partial charge is 0.382 e. The quantitative estimate of drug-likeness (QED) is 0.269. The third-order valence-corrected chi connectivity index (χ3v) is 2.68. The van der Waals surface area contributed by atoms with E-state index in [9.17, 15) is 4.79 Å². The zero-order valence-corrected chi connectivity index (χ0v) is 13.8. The molecule has 0 saturated carbocycles. The van der Waals surface area contributed by atoms with E-state index in [4.69, 9.17) is 28.4 Å². The van der Waals surface area contributed by atoms with E-state index in [1.165, 1.54) is 0 Å². The number of rotatable bonds is 18. The first-order valence-corrected chi connectivity index (χ1v) is 7.57. The molecule has 0 amide bonds. The van der Waals surface area contributed by atoms with Gasteiger partial charge in [-0.25, -0.2) is 0 Å². The van der Waals surface area contributed by atoms with Gasteiger partial charge in [0.15, 0.2) is 0 Å². The highest BCUT2D eigenvalue weighted by atomic mass is 16.5. The normalized spacial score (nSPS) is 11.2. The lowest BCUT2D eigenvalue weighted by Crippen LogP contribution is -2.24. The van der Waals surface area contributed by atoms with Gasteiger partial charge >= 0.3 is 0 Å². The Morgan fingerprint density at radius 1 is 0.682 bits per heavy atom. The van der Waals surface area contributed by atoms with E-state index in [1.54, 1.807) is 14.2 Å². The van der Waals surface area contributed by atoms with Crippen molar-refractivity contribution in [1.82, 2.24) is 0 Å². The van der Waals surface area contributed by atoms with Crippen molar-refractivity contribution in [3.05, 3.63) is 0 Å². The summed E-state index contributed by atoms with van der Waals surface area (Å²) in [5.41, 5.74) is 0. The van der Waals surface area contributed by atoms with E-state index in [2.05, 4.69) is 0 Å². The monoisotopic (exact) mass is 322 g/mol. The van der Waals surface area contributed by atoms with Crippen molar-refractivity contribution >= 4 is 6.29 Å². The molecule has 0 fully saturated rings. The average molecular weight is 322 g/mol. The third kappa shape index (κ3) is 15.8. The van der Waals surface area contributed by atoms with Crippen LogP contribution in [-0.2, 0) is 33.2 Å². The van der Waals surface area contributed by atoms with Crippen LogP contribution in [0.5, 0.6) is 0 Å². The lowest BCUT2D eigenvalue weighted by Gasteiger charge is -2.17. The summed E-state index contributed by atoms with van der Waals surface area (Å²) < 4.78 is 31.7. The van der Waals surface area contributed by atoms with Crippen molar-refractivity contribution in [2.75, 3.05) is 80.3 Å². The van der Waals surface area contributed by atoms with E-state index < -0.39 is 0 Å². The minimum atomic E-state index is 0.156. The lowest BCUT2D eigenvalue weighted by molar-refractivity contribution is -0.109. The van der Waals surface area contributed by atoms with Crippen molar-refractivity contribution in [2.24, 2.45) is 5.92 Å². The first kappa shape index (κ1) is 21.4. The van der Waals surface area contributed by atoms with Crippen LogP contribution in [0.3, 0.4) is 0 Å². The molecular formula is C15H30O7. The summed E-state index contributed by atoms with van der Waals surface area (Å²) in [7, 11) is 3.28. The van der Waals surface area contributed by atoms with E-state index >= 15 is 0 Å². The molecule has 0 aliphatic rings. The van der Waals surface area contributed by atoms with E-state index in [1.807, 2.05) is 0 Å². The summed E-state index contributed by atoms with van der Waals surface area (Å²) in [4.78, 5) is 10.1. The van der Waals surface area contributed by atoms with E-state index in [0.717, 1.165) is 6.29 Å². The SMILES string of the molecule is COCCOCC(COCCOC)COCCOCCC=O. The highest BCUT2D eigenvalue weighted by molar-refractivity contribution is 5.49. The molecule has 0 radical (unpaired) electrons. The van der Waals surface area contributed by atoms with Crippen molar-refractivity contribution in [3.63, 3.8) is 0 Å². The molecule has 0 aromatic carbocycles. The van der Waals surface area contributed by atoms with Crippen LogP contribution in [0, 0.1) is 5.92 Å². The van der Waals surface area contributed by atoms with Gasteiger partial charge in [0.2, 0.25) is 0 Å². The molecule has 0 heterocycles. The summed E-state index contributed by atoms with van der Waals surface area (Å²) in [6, 6.07) is 0. The molecule has 0 aliphatic carbocycles. The number of hydrogen-bond acceptors (Lipinski definition) is 7. The van der Waals surface area contributed by atoms with Crippen LogP contribution in [0.25, 0.3) is 0 Å². The molecule has 7 heteroatoms.